The zero-order valence-corrected chi connectivity index (χ0v) is 14.8. The average molecular weight is 357 g/mol. The summed E-state index contributed by atoms with van der Waals surface area (Å²) in [5, 5.41) is 23.5. The number of aromatic amines is 1. The largest absolute Gasteiger partial charge is 0.507 e. The number of H-pyrrole nitrogens is 1. The molecule has 2 heterocycles. The molecule has 0 amide bonds. The van der Waals surface area contributed by atoms with Gasteiger partial charge in [-0.15, -0.1) is 0 Å². The lowest BCUT2D eigenvalue weighted by molar-refractivity contribution is 0.474. The van der Waals surface area contributed by atoms with Gasteiger partial charge in [-0.05, 0) is 30.2 Å². The maximum absolute atomic E-state index is 9.87. The minimum Gasteiger partial charge on any atom is -0.507 e. The summed E-state index contributed by atoms with van der Waals surface area (Å²) in [6.45, 7) is 2.00. The van der Waals surface area contributed by atoms with E-state index < -0.39 is 0 Å². The number of fused-ring (bicyclic) bond motifs is 1. The van der Waals surface area contributed by atoms with Gasteiger partial charge >= 0.3 is 0 Å². The Bertz CT molecular complexity index is 1190. The van der Waals surface area contributed by atoms with Crippen molar-refractivity contribution in [1.29, 1.82) is 5.41 Å². The molecule has 0 aliphatic heterocycles. The second-order valence-electron chi connectivity index (χ2n) is 6.36. The van der Waals surface area contributed by atoms with Crippen molar-refractivity contribution < 1.29 is 5.11 Å². The van der Waals surface area contributed by atoms with E-state index in [2.05, 4.69) is 27.2 Å². The summed E-state index contributed by atoms with van der Waals surface area (Å²) < 4.78 is 1.41. The smallest absolute Gasteiger partial charge is 0.159 e. The molecule has 134 valence electrons. The highest BCUT2D eigenvalue weighted by molar-refractivity contribution is 5.83. The third-order valence-corrected chi connectivity index (χ3v) is 4.54. The van der Waals surface area contributed by atoms with Gasteiger partial charge in [0.2, 0.25) is 0 Å². The van der Waals surface area contributed by atoms with Crippen LogP contribution >= 0.6 is 0 Å². The van der Waals surface area contributed by atoms with Crippen molar-refractivity contribution in [2.45, 2.75) is 13.3 Å². The van der Waals surface area contributed by atoms with E-state index in [9.17, 15) is 5.11 Å². The lowest BCUT2D eigenvalue weighted by Gasteiger charge is -2.04. The fourth-order valence-electron chi connectivity index (χ4n) is 3.11. The van der Waals surface area contributed by atoms with Crippen LogP contribution < -0.4 is 5.49 Å². The van der Waals surface area contributed by atoms with Crippen molar-refractivity contribution in [3.05, 3.63) is 88.8 Å². The number of hydrogen-bond acceptors (Lipinski definition) is 4. The van der Waals surface area contributed by atoms with Crippen molar-refractivity contribution in [1.82, 2.24) is 14.6 Å². The first kappa shape index (κ1) is 16.8. The van der Waals surface area contributed by atoms with Gasteiger partial charge in [0.05, 0.1) is 11.6 Å². The highest BCUT2D eigenvalue weighted by Crippen LogP contribution is 2.20. The fourth-order valence-corrected chi connectivity index (χ4v) is 3.11. The van der Waals surface area contributed by atoms with Gasteiger partial charge in [-0.2, -0.15) is 5.10 Å². The van der Waals surface area contributed by atoms with Crippen LogP contribution in [0.4, 0.5) is 0 Å². The number of hydrogen-bond donors (Lipinski definition) is 3. The lowest BCUT2D eigenvalue weighted by Crippen LogP contribution is -2.18. The van der Waals surface area contributed by atoms with Crippen molar-refractivity contribution in [2.75, 3.05) is 0 Å². The van der Waals surface area contributed by atoms with Crippen LogP contribution in [0.5, 0.6) is 5.75 Å². The molecule has 2 aromatic carbocycles. The van der Waals surface area contributed by atoms with Crippen LogP contribution in [0.2, 0.25) is 0 Å². The van der Waals surface area contributed by atoms with E-state index in [0.717, 1.165) is 16.6 Å². The van der Waals surface area contributed by atoms with Gasteiger partial charge in [0.25, 0.3) is 0 Å². The summed E-state index contributed by atoms with van der Waals surface area (Å²) in [5.41, 5.74) is 4.73. The Morgan fingerprint density at radius 1 is 1.15 bits per heavy atom. The zero-order chi connectivity index (χ0) is 18.8. The first-order valence-corrected chi connectivity index (χ1v) is 8.63. The normalized spacial score (nSPS) is 11.4. The number of nitrogens with zero attached hydrogens (tertiary/aromatic N) is 3. The molecular formula is C21H19N5O. The van der Waals surface area contributed by atoms with Gasteiger partial charge in [0.15, 0.2) is 5.49 Å². The number of para-hydroxylation sites is 1. The summed E-state index contributed by atoms with van der Waals surface area (Å²) in [5.74, 6) is 0.143. The Labute approximate surface area is 156 Å². The summed E-state index contributed by atoms with van der Waals surface area (Å²) in [4.78, 5) is 7.67. The van der Waals surface area contributed by atoms with Gasteiger partial charge in [0.1, 0.15) is 17.7 Å². The molecule has 27 heavy (non-hydrogen) atoms. The maximum atomic E-state index is 9.87. The molecule has 0 atom stereocenters. The van der Waals surface area contributed by atoms with Crippen molar-refractivity contribution in [3.8, 4) is 5.75 Å². The standard InChI is InChI=1S/C21H19N5O/c1-14-17(11-15-7-3-2-4-8-15)19-20(22)26(13-23-21(19)25-14)24-12-16-9-5-6-10-18(16)27/h2-10,12-13,22,25,27H,11H2,1H3. The van der Waals surface area contributed by atoms with Crippen LogP contribution in [0, 0.1) is 12.3 Å². The molecule has 0 bridgehead atoms. The number of phenols is 1. The summed E-state index contributed by atoms with van der Waals surface area (Å²) in [6, 6.07) is 17.1. The molecule has 3 N–H and O–H groups in total. The summed E-state index contributed by atoms with van der Waals surface area (Å²) >= 11 is 0. The number of rotatable bonds is 4. The lowest BCUT2D eigenvalue weighted by atomic mass is 10.0. The number of aryl methyl sites for hydroxylation is 1. The predicted octanol–water partition coefficient (Wildman–Crippen LogP) is 3.33. The molecule has 0 aliphatic carbocycles. The second kappa shape index (κ2) is 6.92. The number of aromatic hydroxyl groups is 1. The van der Waals surface area contributed by atoms with E-state index in [4.69, 9.17) is 5.41 Å². The van der Waals surface area contributed by atoms with Gasteiger partial charge in [-0.25, -0.2) is 9.66 Å². The van der Waals surface area contributed by atoms with E-state index >= 15 is 0 Å². The quantitative estimate of drug-likeness (QED) is 0.489. The van der Waals surface area contributed by atoms with E-state index in [1.165, 1.54) is 22.8 Å². The fraction of sp³-hybridized carbons (Fsp3) is 0.0952. The van der Waals surface area contributed by atoms with Gasteiger partial charge in [0, 0.05) is 17.7 Å². The second-order valence-corrected chi connectivity index (χ2v) is 6.36. The van der Waals surface area contributed by atoms with Gasteiger partial charge in [-0.3, -0.25) is 5.41 Å². The molecule has 6 heteroatoms. The molecule has 0 fully saturated rings. The third-order valence-electron chi connectivity index (χ3n) is 4.54. The monoisotopic (exact) mass is 357 g/mol. The molecule has 0 unspecified atom stereocenters. The molecule has 4 rings (SSSR count). The van der Waals surface area contributed by atoms with Crippen molar-refractivity contribution >= 4 is 17.2 Å². The molecule has 0 spiro atoms. The Hall–Kier alpha value is -3.67. The van der Waals surface area contributed by atoms with Crippen LogP contribution in [0.3, 0.4) is 0 Å². The number of aromatic nitrogens is 3. The summed E-state index contributed by atoms with van der Waals surface area (Å²) in [6.07, 6.45) is 3.74. The molecule has 6 nitrogen and oxygen atoms in total. The SMILES string of the molecule is Cc1[nH]c2ncn(N=Cc3ccccc3O)c(=N)c2c1Cc1ccccc1. The molecule has 0 radical (unpaired) electrons. The van der Waals surface area contributed by atoms with E-state index in [-0.39, 0.29) is 11.2 Å². The van der Waals surface area contributed by atoms with E-state index in [1.54, 1.807) is 18.2 Å². The van der Waals surface area contributed by atoms with E-state index in [1.807, 2.05) is 31.2 Å². The van der Waals surface area contributed by atoms with Gasteiger partial charge < -0.3 is 10.1 Å². The Kier molecular flexibility index (Phi) is 4.30. The van der Waals surface area contributed by atoms with E-state index in [0.29, 0.717) is 17.6 Å². The zero-order valence-electron chi connectivity index (χ0n) is 14.8. The number of phenolic OH excluding ortho intramolecular Hbond substituents is 1. The van der Waals surface area contributed by atoms with Gasteiger partial charge in [-0.1, -0.05) is 42.5 Å². The molecule has 0 saturated carbocycles. The first-order valence-electron chi connectivity index (χ1n) is 8.63. The highest BCUT2D eigenvalue weighted by Gasteiger charge is 2.13. The molecule has 2 aromatic heterocycles. The number of nitrogens with one attached hydrogen (secondary N) is 2. The van der Waals surface area contributed by atoms with Crippen molar-refractivity contribution in [3.63, 3.8) is 0 Å². The minimum absolute atomic E-state index is 0.143. The Balaban J connectivity index is 1.78. The molecule has 0 saturated heterocycles. The van der Waals surface area contributed by atoms with Crippen LogP contribution in [0.15, 0.2) is 66.0 Å². The minimum atomic E-state index is 0.143. The van der Waals surface area contributed by atoms with Crippen LogP contribution in [0.1, 0.15) is 22.4 Å². The maximum Gasteiger partial charge on any atom is 0.159 e. The van der Waals surface area contributed by atoms with Crippen LogP contribution in [0.25, 0.3) is 11.0 Å². The molecule has 0 aliphatic rings. The predicted molar refractivity (Wildman–Crippen MR) is 105 cm³/mol. The molecule has 4 aromatic rings. The molecular weight excluding hydrogens is 338 g/mol. The van der Waals surface area contributed by atoms with Crippen LogP contribution in [-0.2, 0) is 6.42 Å². The Morgan fingerprint density at radius 3 is 2.67 bits per heavy atom. The van der Waals surface area contributed by atoms with Crippen molar-refractivity contribution in [2.24, 2.45) is 5.10 Å². The highest BCUT2D eigenvalue weighted by atomic mass is 16.3. The first-order chi connectivity index (χ1) is 13.1. The Morgan fingerprint density at radius 2 is 1.89 bits per heavy atom. The third kappa shape index (κ3) is 3.25. The van der Waals surface area contributed by atoms with Crippen LogP contribution in [-0.4, -0.2) is 26.0 Å². The topological polar surface area (TPSA) is 90.1 Å². The average Bonchev–Trinajstić information content (AvgIpc) is 2.99. The number of benzene rings is 2. The summed E-state index contributed by atoms with van der Waals surface area (Å²) in [7, 11) is 0.